The molecule has 0 fully saturated rings. The van der Waals surface area contributed by atoms with Crippen LogP contribution >= 0.6 is 0 Å². The largest absolute Gasteiger partial charge is 0.384 e. The summed E-state index contributed by atoms with van der Waals surface area (Å²) in [5.41, 5.74) is 1.15. The lowest BCUT2D eigenvalue weighted by atomic mass is 10.2. The Labute approximate surface area is 113 Å². The van der Waals surface area contributed by atoms with E-state index >= 15 is 0 Å². The number of hydrogen-bond donors (Lipinski definition) is 3. The van der Waals surface area contributed by atoms with Crippen LogP contribution in [-0.2, 0) is 4.79 Å². The van der Waals surface area contributed by atoms with Crippen molar-refractivity contribution in [2.24, 2.45) is 0 Å². The van der Waals surface area contributed by atoms with Crippen LogP contribution in [0.2, 0.25) is 0 Å². The Bertz CT molecular complexity index is 431. The van der Waals surface area contributed by atoms with Gasteiger partial charge in [-0.05, 0) is 32.9 Å². The number of aromatic nitrogens is 1. The van der Waals surface area contributed by atoms with Gasteiger partial charge in [0.2, 0.25) is 5.91 Å². The highest BCUT2D eigenvalue weighted by Gasteiger charge is 2.16. The Morgan fingerprint density at radius 2 is 2.00 bits per heavy atom. The third-order valence-corrected chi connectivity index (χ3v) is 2.47. The van der Waals surface area contributed by atoms with Gasteiger partial charge in [0.15, 0.2) is 0 Å². The van der Waals surface area contributed by atoms with Crippen LogP contribution < -0.4 is 16.0 Å². The lowest BCUT2D eigenvalue weighted by Crippen LogP contribution is -2.44. The smallest absolute Gasteiger partial charge is 0.270 e. The molecule has 1 heterocycles. The molecule has 0 aliphatic carbocycles. The third-order valence-electron chi connectivity index (χ3n) is 2.47. The molecule has 0 aromatic carbocycles. The van der Waals surface area contributed by atoms with E-state index in [-0.39, 0.29) is 17.5 Å². The number of nitrogens with one attached hydrogen (secondary N) is 3. The highest BCUT2D eigenvalue weighted by atomic mass is 16.2. The Morgan fingerprint density at radius 1 is 1.26 bits per heavy atom. The zero-order valence-electron chi connectivity index (χ0n) is 11.5. The molecule has 1 atom stereocenters. The molecular weight excluding hydrogens is 244 g/mol. The Morgan fingerprint density at radius 3 is 2.53 bits per heavy atom. The van der Waals surface area contributed by atoms with E-state index < -0.39 is 6.04 Å². The van der Waals surface area contributed by atoms with Gasteiger partial charge in [-0.15, -0.1) is 0 Å². The minimum absolute atomic E-state index is 0.208. The second-order valence-electron chi connectivity index (χ2n) is 4.05. The van der Waals surface area contributed by atoms with Crippen molar-refractivity contribution in [3.05, 3.63) is 24.0 Å². The molecule has 0 aliphatic rings. The quantitative estimate of drug-likeness (QED) is 0.708. The number of anilines is 1. The number of amides is 2. The van der Waals surface area contributed by atoms with E-state index in [0.29, 0.717) is 6.54 Å². The summed E-state index contributed by atoms with van der Waals surface area (Å²) in [5.74, 6) is -0.568. The molecular formula is C13H20N4O2. The lowest BCUT2D eigenvalue weighted by molar-refractivity contribution is -0.122. The summed E-state index contributed by atoms with van der Waals surface area (Å²) < 4.78 is 0. The number of carbonyl (C=O) groups excluding carboxylic acids is 2. The standard InChI is InChI=1S/C13H20N4O2/c1-4-14-10-6-7-11(16-8-10)13(19)17-9(3)12(18)15-5-2/h6-9,14H,4-5H2,1-3H3,(H,15,18)(H,17,19). The SMILES string of the molecule is CCNC(=O)C(C)NC(=O)c1ccc(NCC)cn1. The summed E-state index contributed by atoms with van der Waals surface area (Å²) >= 11 is 0. The minimum atomic E-state index is -0.581. The lowest BCUT2D eigenvalue weighted by Gasteiger charge is -2.13. The molecule has 6 nitrogen and oxygen atoms in total. The molecule has 2 amide bonds. The fraction of sp³-hybridized carbons (Fsp3) is 0.462. The van der Waals surface area contributed by atoms with Gasteiger partial charge in [-0.3, -0.25) is 9.59 Å². The normalized spacial score (nSPS) is 11.5. The highest BCUT2D eigenvalue weighted by molar-refractivity contribution is 5.96. The van der Waals surface area contributed by atoms with Crippen molar-refractivity contribution in [1.82, 2.24) is 15.6 Å². The molecule has 0 bridgehead atoms. The summed E-state index contributed by atoms with van der Waals surface area (Å²) in [6, 6.07) is 2.82. The molecule has 0 aliphatic heterocycles. The molecule has 1 rings (SSSR count). The maximum Gasteiger partial charge on any atom is 0.270 e. The van der Waals surface area contributed by atoms with Crippen LogP contribution in [0.1, 0.15) is 31.3 Å². The van der Waals surface area contributed by atoms with Crippen molar-refractivity contribution in [2.45, 2.75) is 26.8 Å². The molecule has 1 aromatic heterocycles. The first-order chi connectivity index (χ1) is 9.08. The molecule has 0 spiro atoms. The van der Waals surface area contributed by atoms with E-state index in [9.17, 15) is 9.59 Å². The predicted octanol–water partition coefficient (Wildman–Crippen LogP) is 0.768. The fourth-order valence-corrected chi connectivity index (χ4v) is 1.50. The predicted molar refractivity (Wildman–Crippen MR) is 74.0 cm³/mol. The van der Waals surface area contributed by atoms with Crippen LogP contribution in [-0.4, -0.2) is 35.9 Å². The molecule has 104 valence electrons. The van der Waals surface area contributed by atoms with Crippen LogP contribution in [0.4, 0.5) is 5.69 Å². The summed E-state index contributed by atoms with van der Waals surface area (Å²) in [6.07, 6.45) is 1.59. The van der Waals surface area contributed by atoms with Crippen LogP contribution in [0, 0.1) is 0 Å². The first kappa shape index (κ1) is 14.9. The number of rotatable bonds is 6. The van der Waals surface area contributed by atoms with Gasteiger partial charge in [0, 0.05) is 13.1 Å². The Balaban J connectivity index is 2.60. The van der Waals surface area contributed by atoms with E-state index in [1.807, 2.05) is 13.8 Å². The van der Waals surface area contributed by atoms with Crippen LogP contribution in [0.5, 0.6) is 0 Å². The average molecular weight is 264 g/mol. The highest BCUT2D eigenvalue weighted by Crippen LogP contribution is 2.05. The van der Waals surface area contributed by atoms with Gasteiger partial charge in [0.25, 0.3) is 5.91 Å². The fourth-order valence-electron chi connectivity index (χ4n) is 1.50. The zero-order chi connectivity index (χ0) is 14.3. The van der Waals surface area contributed by atoms with Gasteiger partial charge >= 0.3 is 0 Å². The third kappa shape index (κ3) is 4.57. The molecule has 3 N–H and O–H groups in total. The topological polar surface area (TPSA) is 83.1 Å². The van der Waals surface area contributed by atoms with Crippen LogP contribution in [0.3, 0.4) is 0 Å². The van der Waals surface area contributed by atoms with Gasteiger partial charge in [-0.2, -0.15) is 0 Å². The van der Waals surface area contributed by atoms with Crippen molar-refractivity contribution in [3.8, 4) is 0 Å². The molecule has 0 radical (unpaired) electrons. The Kier molecular flexibility index (Phi) is 5.78. The summed E-state index contributed by atoms with van der Waals surface area (Å²) in [5, 5.41) is 8.33. The van der Waals surface area contributed by atoms with Crippen molar-refractivity contribution >= 4 is 17.5 Å². The first-order valence-corrected chi connectivity index (χ1v) is 6.37. The van der Waals surface area contributed by atoms with Crippen LogP contribution in [0.15, 0.2) is 18.3 Å². The number of carbonyl (C=O) groups is 2. The van der Waals surface area contributed by atoms with Crippen LogP contribution in [0.25, 0.3) is 0 Å². The molecule has 1 unspecified atom stereocenters. The monoisotopic (exact) mass is 264 g/mol. The van der Waals surface area contributed by atoms with Gasteiger partial charge in [0.05, 0.1) is 11.9 Å². The Hall–Kier alpha value is -2.11. The van der Waals surface area contributed by atoms with E-state index in [0.717, 1.165) is 12.2 Å². The van der Waals surface area contributed by atoms with E-state index in [4.69, 9.17) is 0 Å². The number of hydrogen-bond acceptors (Lipinski definition) is 4. The number of pyridine rings is 1. The van der Waals surface area contributed by atoms with E-state index in [1.54, 1.807) is 25.3 Å². The zero-order valence-corrected chi connectivity index (χ0v) is 11.5. The van der Waals surface area contributed by atoms with Gasteiger partial charge in [-0.25, -0.2) is 4.98 Å². The summed E-state index contributed by atoms with van der Waals surface area (Å²) in [6.45, 7) is 6.77. The first-order valence-electron chi connectivity index (χ1n) is 6.37. The van der Waals surface area contributed by atoms with Crippen molar-refractivity contribution in [1.29, 1.82) is 0 Å². The number of nitrogens with zero attached hydrogens (tertiary/aromatic N) is 1. The van der Waals surface area contributed by atoms with Gasteiger partial charge in [0.1, 0.15) is 11.7 Å². The second-order valence-corrected chi connectivity index (χ2v) is 4.05. The molecule has 0 saturated heterocycles. The van der Waals surface area contributed by atoms with Crippen molar-refractivity contribution in [3.63, 3.8) is 0 Å². The summed E-state index contributed by atoms with van der Waals surface area (Å²) in [4.78, 5) is 27.4. The molecule has 6 heteroatoms. The number of likely N-dealkylation sites (N-methyl/N-ethyl adjacent to an activating group) is 1. The van der Waals surface area contributed by atoms with Crippen molar-refractivity contribution in [2.75, 3.05) is 18.4 Å². The summed E-state index contributed by atoms with van der Waals surface area (Å²) in [7, 11) is 0. The van der Waals surface area contributed by atoms with Crippen molar-refractivity contribution < 1.29 is 9.59 Å². The second kappa shape index (κ2) is 7.35. The maximum absolute atomic E-state index is 11.9. The average Bonchev–Trinajstić information content (AvgIpc) is 2.40. The minimum Gasteiger partial charge on any atom is -0.384 e. The molecule has 0 saturated carbocycles. The van der Waals surface area contributed by atoms with E-state index in [2.05, 4.69) is 20.9 Å². The maximum atomic E-state index is 11.9. The van der Waals surface area contributed by atoms with Gasteiger partial charge in [-0.1, -0.05) is 0 Å². The molecule has 19 heavy (non-hydrogen) atoms. The molecule has 1 aromatic rings. The van der Waals surface area contributed by atoms with E-state index in [1.165, 1.54) is 0 Å². The van der Waals surface area contributed by atoms with Gasteiger partial charge < -0.3 is 16.0 Å².